The van der Waals surface area contributed by atoms with Gasteiger partial charge in [0, 0.05) is 23.0 Å². The van der Waals surface area contributed by atoms with Gasteiger partial charge in [0.1, 0.15) is 0 Å². The van der Waals surface area contributed by atoms with Gasteiger partial charge >= 0.3 is 0 Å². The Morgan fingerprint density at radius 3 is 2.48 bits per heavy atom. The van der Waals surface area contributed by atoms with Crippen LogP contribution in [0.5, 0.6) is 0 Å². The number of carbonyl (C=O) groups excluding carboxylic acids is 1. The number of thiophene rings is 1. The number of aryl methyl sites for hydroxylation is 1. The summed E-state index contributed by atoms with van der Waals surface area (Å²) >= 11 is 1.68. The molecule has 3 rings (SSSR count). The van der Waals surface area contributed by atoms with Crippen molar-refractivity contribution < 1.29 is 4.79 Å². The van der Waals surface area contributed by atoms with E-state index in [-0.39, 0.29) is 11.9 Å². The maximum absolute atomic E-state index is 12.4. The van der Waals surface area contributed by atoms with Crippen molar-refractivity contribution in [3.05, 3.63) is 76.7 Å². The fourth-order valence-corrected chi connectivity index (χ4v) is 3.43. The van der Waals surface area contributed by atoms with E-state index in [0.29, 0.717) is 6.42 Å². The molecule has 0 saturated carbocycles. The van der Waals surface area contributed by atoms with Crippen LogP contribution in [0.2, 0.25) is 0 Å². The summed E-state index contributed by atoms with van der Waals surface area (Å²) in [6.07, 6.45) is 5.44. The first-order valence-corrected chi connectivity index (χ1v) is 8.69. The van der Waals surface area contributed by atoms with Crippen molar-refractivity contribution in [3.8, 4) is 0 Å². The monoisotopic (exact) mass is 324 g/mol. The number of aromatic nitrogens is 1. The number of nitrogens with zero attached hydrogens (tertiary/aromatic N) is 1. The van der Waals surface area contributed by atoms with Crippen molar-refractivity contribution in [1.29, 1.82) is 0 Å². The molecule has 0 radical (unpaired) electrons. The van der Waals surface area contributed by atoms with Gasteiger partial charge in [0.05, 0.1) is 12.5 Å². The van der Waals surface area contributed by atoms with Crippen LogP contribution >= 0.6 is 11.3 Å². The van der Waals surface area contributed by atoms with E-state index in [1.54, 1.807) is 11.3 Å². The van der Waals surface area contributed by atoms with E-state index >= 15 is 0 Å². The van der Waals surface area contributed by atoms with Gasteiger partial charge in [-0.1, -0.05) is 25.1 Å². The Kier molecular flexibility index (Phi) is 4.93. The molecule has 1 unspecified atom stereocenters. The largest absolute Gasteiger partial charge is 0.346 e. The first kappa shape index (κ1) is 15.6. The Labute approximate surface area is 140 Å². The Balaban J connectivity index is 1.71. The van der Waals surface area contributed by atoms with Crippen molar-refractivity contribution in [2.75, 3.05) is 5.32 Å². The number of anilines is 1. The zero-order valence-corrected chi connectivity index (χ0v) is 13.9. The van der Waals surface area contributed by atoms with Crippen molar-refractivity contribution in [2.45, 2.75) is 25.8 Å². The number of hydrogen-bond donors (Lipinski definition) is 1. The Morgan fingerprint density at radius 2 is 1.87 bits per heavy atom. The molecule has 1 atom stereocenters. The summed E-state index contributed by atoms with van der Waals surface area (Å²) in [6, 6.07) is 16.2. The van der Waals surface area contributed by atoms with Crippen LogP contribution in [0.25, 0.3) is 0 Å². The highest BCUT2D eigenvalue weighted by atomic mass is 32.1. The molecular weight excluding hydrogens is 304 g/mol. The van der Waals surface area contributed by atoms with E-state index in [9.17, 15) is 4.79 Å². The number of nitrogens with one attached hydrogen (secondary N) is 1. The summed E-state index contributed by atoms with van der Waals surface area (Å²) in [6.45, 7) is 2.12. The number of hydrogen-bond acceptors (Lipinski definition) is 2. The topological polar surface area (TPSA) is 34.0 Å². The zero-order valence-electron chi connectivity index (χ0n) is 13.1. The van der Waals surface area contributed by atoms with E-state index in [4.69, 9.17) is 0 Å². The minimum absolute atomic E-state index is 0.0290. The van der Waals surface area contributed by atoms with Crippen molar-refractivity contribution in [2.24, 2.45) is 0 Å². The Hall–Kier alpha value is -2.33. The van der Waals surface area contributed by atoms with Gasteiger partial charge in [-0.25, -0.2) is 0 Å². The standard InChI is InChI=1S/C19H20N2OS/c1-2-15-7-9-16(10-8-15)20-19(22)14-17(18-6-5-13-23-18)21-11-3-4-12-21/h3-13,17H,2,14H2,1H3,(H,20,22). The van der Waals surface area contributed by atoms with Crippen LogP contribution in [-0.2, 0) is 11.2 Å². The van der Waals surface area contributed by atoms with Crippen molar-refractivity contribution in [3.63, 3.8) is 0 Å². The highest BCUT2D eigenvalue weighted by Crippen LogP contribution is 2.27. The average molecular weight is 324 g/mol. The van der Waals surface area contributed by atoms with Gasteiger partial charge in [-0.15, -0.1) is 11.3 Å². The number of amides is 1. The summed E-state index contributed by atoms with van der Waals surface area (Å²) in [5.74, 6) is 0.0290. The molecule has 1 N–H and O–H groups in total. The fourth-order valence-electron chi connectivity index (χ4n) is 2.60. The summed E-state index contributed by atoms with van der Waals surface area (Å²) in [5, 5.41) is 5.05. The van der Waals surface area contributed by atoms with E-state index in [0.717, 1.165) is 12.1 Å². The van der Waals surface area contributed by atoms with Gasteiger partial charge in [-0.3, -0.25) is 4.79 Å². The molecule has 0 aliphatic carbocycles. The van der Waals surface area contributed by atoms with Crippen LogP contribution < -0.4 is 5.32 Å². The maximum atomic E-state index is 12.4. The number of benzene rings is 1. The highest BCUT2D eigenvalue weighted by molar-refractivity contribution is 7.10. The molecule has 0 spiro atoms. The Morgan fingerprint density at radius 1 is 1.13 bits per heavy atom. The number of carbonyl (C=O) groups is 1. The lowest BCUT2D eigenvalue weighted by Gasteiger charge is -2.17. The molecule has 2 aromatic heterocycles. The van der Waals surface area contributed by atoms with Gasteiger partial charge in [-0.2, -0.15) is 0 Å². The molecule has 0 saturated heterocycles. The van der Waals surface area contributed by atoms with Gasteiger partial charge in [0.15, 0.2) is 0 Å². The highest BCUT2D eigenvalue weighted by Gasteiger charge is 2.18. The molecule has 118 valence electrons. The molecule has 4 heteroatoms. The van der Waals surface area contributed by atoms with Gasteiger partial charge in [0.2, 0.25) is 5.91 Å². The van der Waals surface area contributed by atoms with Gasteiger partial charge < -0.3 is 9.88 Å². The second-order valence-electron chi connectivity index (χ2n) is 5.46. The first-order chi connectivity index (χ1) is 11.3. The fraction of sp³-hybridized carbons (Fsp3) is 0.211. The molecule has 1 amide bonds. The molecule has 0 aliphatic heterocycles. The molecular formula is C19H20N2OS. The predicted molar refractivity (Wildman–Crippen MR) is 96.0 cm³/mol. The summed E-state index contributed by atoms with van der Waals surface area (Å²) in [5.41, 5.74) is 2.12. The van der Waals surface area contributed by atoms with Gasteiger partial charge in [-0.05, 0) is 47.7 Å². The second-order valence-corrected chi connectivity index (χ2v) is 6.44. The average Bonchev–Trinajstić information content (AvgIpc) is 3.27. The van der Waals surface area contributed by atoms with Crippen LogP contribution in [0.4, 0.5) is 5.69 Å². The molecule has 0 bridgehead atoms. The van der Waals surface area contributed by atoms with Crippen molar-refractivity contribution >= 4 is 22.9 Å². The van der Waals surface area contributed by atoms with E-state index in [1.165, 1.54) is 10.4 Å². The van der Waals surface area contributed by atoms with E-state index < -0.39 is 0 Å². The minimum atomic E-state index is 0.0290. The third kappa shape index (κ3) is 3.90. The van der Waals surface area contributed by atoms with E-state index in [1.807, 2.05) is 48.1 Å². The molecule has 23 heavy (non-hydrogen) atoms. The van der Waals surface area contributed by atoms with Crippen molar-refractivity contribution in [1.82, 2.24) is 4.57 Å². The van der Waals surface area contributed by atoms with Crippen LogP contribution in [0.1, 0.15) is 29.8 Å². The lowest BCUT2D eigenvalue weighted by molar-refractivity contribution is -0.116. The molecule has 0 fully saturated rings. The van der Waals surface area contributed by atoms with Crippen LogP contribution in [0.3, 0.4) is 0 Å². The predicted octanol–water partition coefficient (Wildman–Crippen LogP) is 4.73. The molecule has 3 aromatic rings. The maximum Gasteiger partial charge on any atom is 0.226 e. The first-order valence-electron chi connectivity index (χ1n) is 7.81. The molecule has 2 heterocycles. The third-order valence-corrected chi connectivity index (χ3v) is 4.86. The Bertz CT molecular complexity index is 696. The minimum Gasteiger partial charge on any atom is -0.346 e. The smallest absolute Gasteiger partial charge is 0.226 e. The lowest BCUT2D eigenvalue weighted by atomic mass is 10.1. The number of rotatable bonds is 6. The summed E-state index contributed by atoms with van der Waals surface area (Å²) < 4.78 is 2.09. The molecule has 3 nitrogen and oxygen atoms in total. The zero-order chi connectivity index (χ0) is 16.1. The van der Waals surface area contributed by atoms with E-state index in [2.05, 4.69) is 35.0 Å². The van der Waals surface area contributed by atoms with Gasteiger partial charge in [0.25, 0.3) is 0 Å². The van der Waals surface area contributed by atoms with Crippen LogP contribution in [0, 0.1) is 0 Å². The summed E-state index contributed by atoms with van der Waals surface area (Å²) in [7, 11) is 0. The lowest BCUT2D eigenvalue weighted by Crippen LogP contribution is -2.19. The van der Waals surface area contributed by atoms with Crippen LogP contribution in [-0.4, -0.2) is 10.5 Å². The second kappa shape index (κ2) is 7.29. The SMILES string of the molecule is CCc1ccc(NC(=O)CC(c2cccs2)n2cccc2)cc1. The molecule has 1 aromatic carbocycles. The third-order valence-electron chi connectivity index (χ3n) is 3.88. The molecule has 0 aliphatic rings. The quantitative estimate of drug-likeness (QED) is 0.699. The summed E-state index contributed by atoms with van der Waals surface area (Å²) in [4.78, 5) is 13.6. The normalized spacial score (nSPS) is 12.0. The van der Waals surface area contributed by atoms with Crippen LogP contribution in [0.15, 0.2) is 66.3 Å².